The summed E-state index contributed by atoms with van der Waals surface area (Å²) < 4.78 is 3.98. The highest BCUT2D eigenvalue weighted by molar-refractivity contribution is 5.84. The van der Waals surface area contributed by atoms with Crippen molar-refractivity contribution in [2.75, 3.05) is 7.11 Å². The van der Waals surface area contributed by atoms with Crippen molar-refractivity contribution >= 4 is 11.9 Å². The first kappa shape index (κ1) is 5.92. The summed E-state index contributed by atoms with van der Waals surface area (Å²) >= 11 is 0. The lowest BCUT2D eigenvalue weighted by Crippen LogP contribution is -1.94. The summed E-state index contributed by atoms with van der Waals surface area (Å²) in [5.74, 6) is 0.348. The van der Waals surface area contributed by atoms with E-state index in [4.69, 9.17) is 0 Å². The van der Waals surface area contributed by atoms with Gasteiger partial charge in [-0.1, -0.05) is 0 Å². The van der Waals surface area contributed by atoms with Gasteiger partial charge in [-0.2, -0.15) is 0 Å². The molecule has 0 saturated heterocycles. The summed E-state index contributed by atoms with van der Waals surface area (Å²) in [5.41, 5.74) is 0. The third-order valence-electron chi connectivity index (χ3n) is 0.338. The minimum atomic E-state index is -0.796. The predicted octanol–water partition coefficient (Wildman–Crippen LogP) is -0.650. The molecule has 0 aromatic rings. The maximum Gasteiger partial charge on any atom is 0.350 e. The van der Waals surface area contributed by atoms with E-state index in [9.17, 15) is 9.59 Å². The van der Waals surface area contributed by atoms with Gasteiger partial charge in [0.15, 0.2) is 6.08 Å². The topological polar surface area (TPSA) is 43.4 Å². The van der Waals surface area contributed by atoms with Crippen LogP contribution in [0.15, 0.2) is 0 Å². The van der Waals surface area contributed by atoms with Crippen LogP contribution in [0, 0.1) is 6.08 Å². The SMILES string of the molecule is COC(=O)[C]=C=O. The summed E-state index contributed by atoms with van der Waals surface area (Å²) in [6.45, 7) is 0. The van der Waals surface area contributed by atoms with Crippen LogP contribution in [0.25, 0.3) is 0 Å². The number of esters is 1. The molecule has 0 amide bonds. The van der Waals surface area contributed by atoms with Crippen LogP contribution in [-0.4, -0.2) is 19.0 Å². The Morgan fingerprint density at radius 3 is 2.43 bits per heavy atom. The van der Waals surface area contributed by atoms with E-state index in [1.165, 1.54) is 0 Å². The van der Waals surface area contributed by atoms with E-state index in [0.29, 0.717) is 0 Å². The van der Waals surface area contributed by atoms with Crippen LogP contribution in [0.2, 0.25) is 0 Å². The molecule has 0 heterocycles. The van der Waals surface area contributed by atoms with Crippen molar-refractivity contribution in [2.45, 2.75) is 0 Å². The molecule has 0 aliphatic carbocycles. The summed E-state index contributed by atoms with van der Waals surface area (Å²) in [6.07, 6.45) is 1.63. The first-order chi connectivity index (χ1) is 3.31. The Kier molecular flexibility index (Phi) is 2.64. The third-order valence-corrected chi connectivity index (χ3v) is 0.338. The van der Waals surface area contributed by atoms with Gasteiger partial charge in [0.2, 0.25) is 0 Å². The molecule has 0 fully saturated rings. The van der Waals surface area contributed by atoms with Crippen LogP contribution < -0.4 is 0 Å². The fourth-order valence-electron chi connectivity index (χ4n) is 0.0927. The number of rotatable bonds is 1. The van der Waals surface area contributed by atoms with Gasteiger partial charge in [0.05, 0.1) is 7.11 Å². The van der Waals surface area contributed by atoms with Crippen LogP contribution in [0.1, 0.15) is 0 Å². The lowest BCUT2D eigenvalue weighted by atomic mass is 10.7. The van der Waals surface area contributed by atoms with Crippen molar-refractivity contribution in [3.05, 3.63) is 6.08 Å². The van der Waals surface area contributed by atoms with E-state index in [-0.39, 0.29) is 0 Å². The maximum atomic E-state index is 9.82. The van der Waals surface area contributed by atoms with Crippen LogP contribution in [-0.2, 0) is 14.3 Å². The van der Waals surface area contributed by atoms with Gasteiger partial charge in [0.1, 0.15) is 5.94 Å². The molecule has 0 bridgehead atoms. The molecule has 3 nitrogen and oxygen atoms in total. The Labute approximate surface area is 40.6 Å². The number of carbonyl (C=O) groups is 1. The molecule has 7 heavy (non-hydrogen) atoms. The maximum absolute atomic E-state index is 9.82. The zero-order valence-corrected chi connectivity index (χ0v) is 3.72. The summed E-state index contributed by atoms with van der Waals surface area (Å²) in [6, 6.07) is 0. The second kappa shape index (κ2) is 3.12. The van der Waals surface area contributed by atoms with Gasteiger partial charge in [-0.3, -0.25) is 0 Å². The van der Waals surface area contributed by atoms with E-state index in [1.807, 2.05) is 0 Å². The molecule has 0 aromatic heterocycles. The number of carbonyl (C=O) groups excluding carboxylic acids is 2. The molecule has 0 atom stereocenters. The fraction of sp³-hybridized carbons (Fsp3) is 0.250. The van der Waals surface area contributed by atoms with Gasteiger partial charge < -0.3 is 4.74 Å². The van der Waals surface area contributed by atoms with E-state index < -0.39 is 5.97 Å². The van der Waals surface area contributed by atoms with Crippen molar-refractivity contribution in [1.82, 2.24) is 0 Å². The second-order valence-corrected chi connectivity index (χ2v) is 0.719. The normalized spacial score (nSPS) is 6.43. The van der Waals surface area contributed by atoms with Gasteiger partial charge in [0.25, 0.3) is 0 Å². The van der Waals surface area contributed by atoms with Crippen LogP contribution in [0.4, 0.5) is 0 Å². The highest BCUT2D eigenvalue weighted by atomic mass is 16.5. The van der Waals surface area contributed by atoms with E-state index >= 15 is 0 Å². The zero-order chi connectivity index (χ0) is 5.70. The molecule has 0 saturated carbocycles. The van der Waals surface area contributed by atoms with Crippen molar-refractivity contribution in [3.63, 3.8) is 0 Å². The monoisotopic (exact) mass is 99.0 g/mol. The first-order valence-electron chi connectivity index (χ1n) is 1.52. The molecule has 0 spiro atoms. The molecule has 0 aromatic carbocycles. The van der Waals surface area contributed by atoms with Gasteiger partial charge in [0, 0.05) is 0 Å². The summed E-state index contributed by atoms with van der Waals surface area (Å²) in [5, 5.41) is 0. The molecule has 0 N–H and O–H groups in total. The third kappa shape index (κ3) is 2.73. The lowest BCUT2D eigenvalue weighted by Gasteiger charge is -1.80. The lowest BCUT2D eigenvalue weighted by molar-refractivity contribution is -0.135. The molecule has 37 valence electrons. The molecule has 1 radical (unpaired) electrons. The van der Waals surface area contributed by atoms with Crippen molar-refractivity contribution in [3.8, 4) is 0 Å². The zero-order valence-electron chi connectivity index (χ0n) is 3.72. The number of methoxy groups -OCH3 is 1. The predicted molar refractivity (Wildman–Crippen MR) is 21.0 cm³/mol. The summed E-state index contributed by atoms with van der Waals surface area (Å²) in [7, 11) is 1.16. The molecule has 0 aliphatic heterocycles. The Morgan fingerprint density at radius 2 is 2.29 bits per heavy atom. The summed E-state index contributed by atoms with van der Waals surface area (Å²) in [4.78, 5) is 19.1. The van der Waals surface area contributed by atoms with Crippen molar-refractivity contribution < 1.29 is 14.3 Å². The Morgan fingerprint density at radius 1 is 1.71 bits per heavy atom. The van der Waals surface area contributed by atoms with Crippen LogP contribution >= 0.6 is 0 Å². The molecule has 0 aliphatic rings. The Bertz CT molecular complexity index is 110. The van der Waals surface area contributed by atoms with Gasteiger partial charge >= 0.3 is 5.97 Å². The average Bonchev–Trinajstić information content (AvgIpc) is 1.68. The molecular formula is C4H3O3. The largest absolute Gasteiger partial charge is 0.465 e. The van der Waals surface area contributed by atoms with E-state index in [2.05, 4.69) is 4.74 Å². The number of hydrogen-bond acceptors (Lipinski definition) is 3. The first-order valence-corrected chi connectivity index (χ1v) is 1.52. The molecule has 0 unspecified atom stereocenters. The standard InChI is InChI=1S/C4H3O3/c1-7-4(6)2-3-5/h1H3. The van der Waals surface area contributed by atoms with Gasteiger partial charge in [-0.15, -0.1) is 0 Å². The Hall–Kier alpha value is -1.08. The van der Waals surface area contributed by atoms with Crippen LogP contribution in [0.5, 0.6) is 0 Å². The highest BCUT2D eigenvalue weighted by Crippen LogP contribution is 1.65. The van der Waals surface area contributed by atoms with Crippen molar-refractivity contribution in [2.24, 2.45) is 0 Å². The smallest absolute Gasteiger partial charge is 0.350 e. The van der Waals surface area contributed by atoms with E-state index in [1.54, 1.807) is 6.08 Å². The van der Waals surface area contributed by atoms with Gasteiger partial charge in [-0.05, 0) is 0 Å². The highest BCUT2D eigenvalue weighted by Gasteiger charge is 1.88. The second-order valence-electron chi connectivity index (χ2n) is 0.719. The minimum Gasteiger partial charge on any atom is -0.465 e. The number of hydrogen-bond donors (Lipinski definition) is 0. The average molecular weight is 99.1 g/mol. The van der Waals surface area contributed by atoms with E-state index in [0.717, 1.165) is 13.1 Å². The molecule has 0 rings (SSSR count). The minimum absolute atomic E-state index is 0.796. The number of ether oxygens (including phenoxy) is 1. The molecular weight excluding hydrogens is 96.0 g/mol. The van der Waals surface area contributed by atoms with Gasteiger partial charge in [-0.25, -0.2) is 9.59 Å². The van der Waals surface area contributed by atoms with Crippen molar-refractivity contribution in [1.29, 1.82) is 0 Å². The fourth-order valence-corrected chi connectivity index (χ4v) is 0.0927. The Balaban J connectivity index is 3.58. The molecule has 3 heteroatoms. The van der Waals surface area contributed by atoms with Crippen LogP contribution in [0.3, 0.4) is 0 Å². The quantitative estimate of drug-likeness (QED) is 0.249.